The first kappa shape index (κ1) is 18.4. The first-order chi connectivity index (χ1) is 9.18. The van der Waals surface area contributed by atoms with Crippen LogP contribution < -0.4 is 16.8 Å². The summed E-state index contributed by atoms with van der Waals surface area (Å²) in [4.78, 5) is 33.3. The van der Waals surface area contributed by atoms with Gasteiger partial charge in [0.15, 0.2) is 0 Å². The number of nitrogens with one attached hydrogen (secondary N) is 1. The average Bonchev–Trinajstić information content (AvgIpc) is 2.31. The van der Waals surface area contributed by atoms with E-state index in [1.54, 1.807) is 0 Å². The van der Waals surface area contributed by atoms with Crippen molar-refractivity contribution in [3.63, 3.8) is 0 Å². The van der Waals surface area contributed by atoms with Gasteiger partial charge in [-0.05, 0) is 31.2 Å². The monoisotopic (exact) mass is 287 g/mol. The number of nitrogens with two attached hydrogens (primary N) is 2. The molecule has 0 saturated heterocycles. The second kappa shape index (κ2) is 8.52. The summed E-state index contributed by atoms with van der Waals surface area (Å²) in [6.45, 7) is 4.56. The molecule has 7 heteroatoms. The lowest BCUT2D eigenvalue weighted by Crippen LogP contribution is -2.41. The van der Waals surface area contributed by atoms with Crippen LogP contribution in [0.2, 0.25) is 0 Å². The summed E-state index contributed by atoms with van der Waals surface area (Å²) >= 11 is 0. The number of aliphatic carboxylic acids is 1. The quantitative estimate of drug-likeness (QED) is 0.447. The Bertz CT molecular complexity index is 356. The highest BCUT2D eigenvalue weighted by molar-refractivity contribution is 5.84. The standard InChI is InChI=1S/C13H25N3O4/c1-13(2,7-8-14)6-5-11(18)16-9(12(19)20)3-4-10(15)17/h9H,3-8,14H2,1-2H3,(H2,15,17)(H,16,18)(H,19,20). The van der Waals surface area contributed by atoms with Gasteiger partial charge in [-0.1, -0.05) is 13.8 Å². The van der Waals surface area contributed by atoms with Gasteiger partial charge in [0.25, 0.3) is 0 Å². The summed E-state index contributed by atoms with van der Waals surface area (Å²) in [5, 5.41) is 11.4. The van der Waals surface area contributed by atoms with E-state index in [0.717, 1.165) is 6.42 Å². The van der Waals surface area contributed by atoms with Gasteiger partial charge in [0.1, 0.15) is 6.04 Å². The molecule has 0 heterocycles. The summed E-state index contributed by atoms with van der Waals surface area (Å²) in [6, 6.07) is -1.08. The second-order valence-corrected chi connectivity index (χ2v) is 5.67. The van der Waals surface area contributed by atoms with Crippen molar-refractivity contribution in [1.82, 2.24) is 5.32 Å². The Morgan fingerprint density at radius 3 is 2.25 bits per heavy atom. The number of amides is 2. The lowest BCUT2D eigenvalue weighted by molar-refractivity contribution is -0.142. The number of primary amides is 1. The van der Waals surface area contributed by atoms with Crippen LogP contribution in [0.15, 0.2) is 0 Å². The van der Waals surface area contributed by atoms with E-state index in [9.17, 15) is 14.4 Å². The topological polar surface area (TPSA) is 136 Å². The highest BCUT2D eigenvalue weighted by Gasteiger charge is 2.22. The normalized spacial score (nSPS) is 12.8. The number of carbonyl (C=O) groups is 3. The van der Waals surface area contributed by atoms with E-state index in [1.165, 1.54) is 0 Å². The fraction of sp³-hybridized carbons (Fsp3) is 0.769. The molecule has 0 spiro atoms. The lowest BCUT2D eigenvalue weighted by Gasteiger charge is -2.23. The fourth-order valence-electron chi connectivity index (χ4n) is 1.78. The summed E-state index contributed by atoms with van der Waals surface area (Å²) < 4.78 is 0. The van der Waals surface area contributed by atoms with Crippen LogP contribution in [-0.4, -0.2) is 35.5 Å². The summed E-state index contributed by atoms with van der Waals surface area (Å²) in [7, 11) is 0. The van der Waals surface area contributed by atoms with Gasteiger partial charge in [0.2, 0.25) is 11.8 Å². The van der Waals surface area contributed by atoms with Crippen LogP contribution in [0.3, 0.4) is 0 Å². The molecular weight excluding hydrogens is 262 g/mol. The number of carboxylic acid groups (broad SMARTS) is 1. The zero-order valence-corrected chi connectivity index (χ0v) is 12.1. The Morgan fingerprint density at radius 2 is 1.80 bits per heavy atom. The molecular formula is C13H25N3O4. The van der Waals surface area contributed by atoms with Gasteiger partial charge >= 0.3 is 5.97 Å². The molecule has 0 aromatic carbocycles. The molecule has 0 saturated carbocycles. The molecule has 0 aliphatic heterocycles. The third-order valence-corrected chi connectivity index (χ3v) is 3.16. The number of carbonyl (C=O) groups excluding carboxylic acids is 2. The molecule has 2 amide bonds. The number of carboxylic acids is 1. The van der Waals surface area contributed by atoms with E-state index in [4.69, 9.17) is 16.6 Å². The van der Waals surface area contributed by atoms with Crippen LogP contribution in [-0.2, 0) is 14.4 Å². The largest absolute Gasteiger partial charge is 0.480 e. The summed E-state index contributed by atoms with van der Waals surface area (Å²) in [5.41, 5.74) is 10.4. The van der Waals surface area contributed by atoms with Gasteiger partial charge in [-0.15, -0.1) is 0 Å². The molecule has 1 unspecified atom stereocenters. The van der Waals surface area contributed by atoms with Crippen LogP contribution in [0.25, 0.3) is 0 Å². The molecule has 0 aliphatic carbocycles. The predicted molar refractivity (Wildman–Crippen MR) is 74.7 cm³/mol. The number of hydrogen-bond donors (Lipinski definition) is 4. The molecule has 0 fully saturated rings. The van der Waals surface area contributed by atoms with Gasteiger partial charge in [0, 0.05) is 12.8 Å². The van der Waals surface area contributed by atoms with Crippen LogP contribution in [0.4, 0.5) is 0 Å². The van der Waals surface area contributed by atoms with Crippen molar-refractivity contribution >= 4 is 17.8 Å². The molecule has 6 N–H and O–H groups in total. The smallest absolute Gasteiger partial charge is 0.326 e. The lowest BCUT2D eigenvalue weighted by atomic mass is 9.84. The molecule has 0 radical (unpaired) electrons. The van der Waals surface area contributed by atoms with E-state index in [-0.39, 0.29) is 30.6 Å². The zero-order valence-electron chi connectivity index (χ0n) is 12.1. The minimum Gasteiger partial charge on any atom is -0.480 e. The van der Waals surface area contributed by atoms with Crippen LogP contribution >= 0.6 is 0 Å². The Labute approximate surface area is 119 Å². The van der Waals surface area contributed by atoms with E-state index < -0.39 is 17.9 Å². The fourth-order valence-corrected chi connectivity index (χ4v) is 1.78. The van der Waals surface area contributed by atoms with E-state index in [1.807, 2.05) is 13.8 Å². The number of hydrogen-bond acceptors (Lipinski definition) is 4. The van der Waals surface area contributed by atoms with Gasteiger partial charge in [-0.3, -0.25) is 9.59 Å². The van der Waals surface area contributed by atoms with E-state index >= 15 is 0 Å². The summed E-state index contributed by atoms with van der Waals surface area (Å²) in [5.74, 6) is -2.10. The molecule has 0 aromatic rings. The molecule has 20 heavy (non-hydrogen) atoms. The van der Waals surface area contributed by atoms with Crippen molar-refractivity contribution in [1.29, 1.82) is 0 Å². The highest BCUT2D eigenvalue weighted by atomic mass is 16.4. The molecule has 0 aliphatic rings. The van der Waals surface area contributed by atoms with Gasteiger partial charge < -0.3 is 21.9 Å². The van der Waals surface area contributed by atoms with Crippen molar-refractivity contribution in [2.75, 3.05) is 6.54 Å². The second-order valence-electron chi connectivity index (χ2n) is 5.67. The third-order valence-electron chi connectivity index (χ3n) is 3.16. The minimum absolute atomic E-state index is 0.00258. The van der Waals surface area contributed by atoms with E-state index in [2.05, 4.69) is 5.32 Å². The Hall–Kier alpha value is -1.63. The van der Waals surface area contributed by atoms with Gasteiger partial charge in [-0.2, -0.15) is 0 Å². The van der Waals surface area contributed by atoms with Gasteiger partial charge in [0.05, 0.1) is 0 Å². The molecule has 1 atom stereocenters. The molecule has 7 nitrogen and oxygen atoms in total. The molecule has 0 bridgehead atoms. The Balaban J connectivity index is 4.26. The van der Waals surface area contributed by atoms with E-state index in [0.29, 0.717) is 13.0 Å². The van der Waals surface area contributed by atoms with Crippen molar-refractivity contribution in [2.45, 2.75) is 52.0 Å². The average molecular weight is 287 g/mol. The van der Waals surface area contributed by atoms with Gasteiger partial charge in [-0.25, -0.2) is 4.79 Å². The molecule has 116 valence electrons. The zero-order chi connectivity index (χ0) is 15.8. The Morgan fingerprint density at radius 1 is 1.20 bits per heavy atom. The minimum atomic E-state index is -1.17. The van der Waals surface area contributed by atoms with Crippen molar-refractivity contribution in [2.24, 2.45) is 16.9 Å². The predicted octanol–water partition coefficient (Wildman–Crippen LogP) is -0.0235. The first-order valence-corrected chi connectivity index (χ1v) is 6.68. The highest BCUT2D eigenvalue weighted by Crippen LogP contribution is 2.25. The van der Waals surface area contributed by atoms with Crippen molar-refractivity contribution in [3.8, 4) is 0 Å². The van der Waals surface area contributed by atoms with Crippen molar-refractivity contribution < 1.29 is 19.5 Å². The van der Waals surface area contributed by atoms with Crippen LogP contribution in [0.1, 0.15) is 46.0 Å². The molecule has 0 rings (SSSR count). The third kappa shape index (κ3) is 8.47. The SMILES string of the molecule is CC(C)(CCN)CCC(=O)NC(CCC(N)=O)C(=O)O. The maximum atomic E-state index is 11.7. The Kier molecular flexibility index (Phi) is 7.83. The maximum Gasteiger partial charge on any atom is 0.326 e. The number of rotatable bonds is 10. The van der Waals surface area contributed by atoms with Crippen molar-refractivity contribution in [3.05, 3.63) is 0 Å². The first-order valence-electron chi connectivity index (χ1n) is 6.68. The van der Waals surface area contributed by atoms with Crippen LogP contribution in [0.5, 0.6) is 0 Å². The van der Waals surface area contributed by atoms with Crippen LogP contribution in [0, 0.1) is 5.41 Å². The summed E-state index contributed by atoms with van der Waals surface area (Å²) in [6.07, 6.45) is 1.58. The molecule has 0 aromatic heterocycles. The maximum absolute atomic E-state index is 11.7.